The van der Waals surface area contributed by atoms with Crippen LogP contribution in [0.1, 0.15) is 16.1 Å². The SMILES string of the molecule is Cc1nc(-c2ccc(F)cc2)ccc1C(N)=O. The number of primary amides is 1. The van der Waals surface area contributed by atoms with Gasteiger partial charge in [-0.3, -0.25) is 9.78 Å². The van der Waals surface area contributed by atoms with Gasteiger partial charge in [0.15, 0.2) is 0 Å². The Labute approximate surface area is 98.1 Å². The van der Waals surface area contributed by atoms with Crippen LogP contribution in [0.3, 0.4) is 0 Å². The van der Waals surface area contributed by atoms with Crippen LogP contribution in [0.4, 0.5) is 4.39 Å². The third-order valence-corrected chi connectivity index (χ3v) is 2.49. The molecular weight excluding hydrogens is 219 g/mol. The summed E-state index contributed by atoms with van der Waals surface area (Å²) in [6, 6.07) is 9.34. The van der Waals surface area contributed by atoms with Crippen LogP contribution >= 0.6 is 0 Å². The molecule has 0 aliphatic heterocycles. The number of nitrogens with two attached hydrogens (primary N) is 1. The van der Waals surface area contributed by atoms with Gasteiger partial charge in [0, 0.05) is 5.56 Å². The number of benzene rings is 1. The van der Waals surface area contributed by atoms with Gasteiger partial charge in [-0.15, -0.1) is 0 Å². The number of halogens is 1. The molecule has 1 heterocycles. The first-order chi connectivity index (χ1) is 8.08. The lowest BCUT2D eigenvalue weighted by Gasteiger charge is -2.05. The lowest BCUT2D eigenvalue weighted by atomic mass is 10.1. The molecule has 86 valence electrons. The van der Waals surface area contributed by atoms with Gasteiger partial charge in [0.25, 0.3) is 5.91 Å². The molecule has 4 heteroatoms. The minimum atomic E-state index is -0.499. The highest BCUT2D eigenvalue weighted by molar-refractivity contribution is 5.94. The summed E-state index contributed by atoms with van der Waals surface area (Å²) in [4.78, 5) is 15.3. The molecule has 0 aliphatic rings. The van der Waals surface area contributed by atoms with Crippen molar-refractivity contribution in [1.29, 1.82) is 0 Å². The number of pyridine rings is 1. The number of rotatable bonds is 2. The molecule has 2 N–H and O–H groups in total. The van der Waals surface area contributed by atoms with E-state index in [4.69, 9.17) is 5.73 Å². The minimum Gasteiger partial charge on any atom is -0.366 e. The topological polar surface area (TPSA) is 56.0 Å². The molecule has 17 heavy (non-hydrogen) atoms. The number of aromatic nitrogens is 1. The Morgan fingerprint density at radius 1 is 1.18 bits per heavy atom. The summed E-state index contributed by atoms with van der Waals surface area (Å²) in [5.74, 6) is -0.792. The average molecular weight is 230 g/mol. The molecule has 3 nitrogen and oxygen atoms in total. The van der Waals surface area contributed by atoms with E-state index in [-0.39, 0.29) is 5.82 Å². The zero-order valence-corrected chi connectivity index (χ0v) is 9.27. The molecule has 0 radical (unpaired) electrons. The second kappa shape index (κ2) is 4.33. The van der Waals surface area contributed by atoms with Gasteiger partial charge in [0.2, 0.25) is 0 Å². The van der Waals surface area contributed by atoms with Crippen LogP contribution in [0.25, 0.3) is 11.3 Å². The Hall–Kier alpha value is -2.23. The number of amides is 1. The van der Waals surface area contributed by atoms with Crippen molar-refractivity contribution >= 4 is 5.91 Å². The fraction of sp³-hybridized carbons (Fsp3) is 0.0769. The van der Waals surface area contributed by atoms with Crippen molar-refractivity contribution in [3.8, 4) is 11.3 Å². The van der Waals surface area contributed by atoms with Gasteiger partial charge in [0.1, 0.15) is 5.82 Å². The normalized spacial score (nSPS) is 10.2. The molecule has 2 rings (SSSR count). The Bertz CT molecular complexity index is 564. The zero-order chi connectivity index (χ0) is 12.4. The van der Waals surface area contributed by atoms with E-state index in [1.807, 2.05) is 0 Å². The van der Waals surface area contributed by atoms with Gasteiger partial charge in [0.05, 0.1) is 17.0 Å². The lowest BCUT2D eigenvalue weighted by Crippen LogP contribution is -2.13. The van der Waals surface area contributed by atoms with E-state index in [9.17, 15) is 9.18 Å². The van der Waals surface area contributed by atoms with Gasteiger partial charge in [-0.25, -0.2) is 4.39 Å². The first kappa shape index (κ1) is 11.3. The number of hydrogen-bond acceptors (Lipinski definition) is 2. The van der Waals surface area contributed by atoms with Crippen LogP contribution in [0, 0.1) is 12.7 Å². The molecule has 0 spiro atoms. The molecule has 0 saturated heterocycles. The van der Waals surface area contributed by atoms with Crippen LogP contribution < -0.4 is 5.73 Å². The van der Waals surface area contributed by atoms with E-state index in [1.165, 1.54) is 12.1 Å². The first-order valence-corrected chi connectivity index (χ1v) is 5.11. The number of carbonyl (C=O) groups excluding carboxylic acids is 1. The molecule has 2 aromatic rings. The second-order valence-electron chi connectivity index (χ2n) is 3.70. The Balaban J connectivity index is 2.44. The predicted molar refractivity (Wildman–Crippen MR) is 62.9 cm³/mol. The molecular formula is C13H11FN2O. The van der Waals surface area contributed by atoms with Crippen LogP contribution in [-0.4, -0.2) is 10.9 Å². The lowest BCUT2D eigenvalue weighted by molar-refractivity contribution is 0.0999. The van der Waals surface area contributed by atoms with Crippen molar-refractivity contribution in [2.75, 3.05) is 0 Å². The molecule has 1 amide bonds. The Morgan fingerprint density at radius 2 is 1.82 bits per heavy atom. The fourth-order valence-corrected chi connectivity index (χ4v) is 1.60. The standard InChI is InChI=1S/C13H11FN2O/c1-8-11(13(15)17)6-7-12(16-8)9-2-4-10(14)5-3-9/h2-7H,1H3,(H2,15,17). The molecule has 1 aromatic heterocycles. The van der Waals surface area contributed by atoms with E-state index in [0.29, 0.717) is 17.0 Å². The third-order valence-electron chi connectivity index (χ3n) is 2.49. The van der Waals surface area contributed by atoms with Crippen LogP contribution in [0.5, 0.6) is 0 Å². The van der Waals surface area contributed by atoms with Crippen LogP contribution in [-0.2, 0) is 0 Å². The highest BCUT2D eigenvalue weighted by Gasteiger charge is 2.07. The smallest absolute Gasteiger partial charge is 0.250 e. The number of aryl methyl sites for hydroxylation is 1. The van der Waals surface area contributed by atoms with Gasteiger partial charge >= 0.3 is 0 Å². The van der Waals surface area contributed by atoms with Crippen molar-refractivity contribution in [3.05, 3.63) is 53.5 Å². The number of carbonyl (C=O) groups is 1. The van der Waals surface area contributed by atoms with E-state index in [0.717, 1.165) is 5.56 Å². The predicted octanol–water partition coefficient (Wildman–Crippen LogP) is 2.30. The molecule has 1 aromatic carbocycles. The molecule has 0 aliphatic carbocycles. The maximum Gasteiger partial charge on any atom is 0.250 e. The Kier molecular flexibility index (Phi) is 2.87. The average Bonchev–Trinajstić information content (AvgIpc) is 2.29. The van der Waals surface area contributed by atoms with Crippen LogP contribution in [0.15, 0.2) is 36.4 Å². The monoisotopic (exact) mass is 230 g/mol. The summed E-state index contributed by atoms with van der Waals surface area (Å²) in [5, 5.41) is 0. The summed E-state index contributed by atoms with van der Waals surface area (Å²) < 4.78 is 12.8. The summed E-state index contributed by atoms with van der Waals surface area (Å²) in [6.07, 6.45) is 0. The van der Waals surface area contributed by atoms with Gasteiger partial charge in [-0.05, 0) is 43.3 Å². The van der Waals surface area contributed by atoms with Crippen molar-refractivity contribution < 1.29 is 9.18 Å². The van der Waals surface area contributed by atoms with Crippen molar-refractivity contribution in [2.45, 2.75) is 6.92 Å². The van der Waals surface area contributed by atoms with E-state index >= 15 is 0 Å². The van der Waals surface area contributed by atoms with E-state index in [1.54, 1.807) is 31.2 Å². The largest absolute Gasteiger partial charge is 0.366 e. The summed E-state index contributed by atoms with van der Waals surface area (Å²) in [5.41, 5.74) is 7.65. The maximum atomic E-state index is 12.8. The highest BCUT2D eigenvalue weighted by atomic mass is 19.1. The van der Waals surface area contributed by atoms with E-state index < -0.39 is 5.91 Å². The van der Waals surface area contributed by atoms with Crippen molar-refractivity contribution in [3.63, 3.8) is 0 Å². The third kappa shape index (κ3) is 2.30. The maximum absolute atomic E-state index is 12.8. The molecule has 0 unspecified atom stereocenters. The number of nitrogens with zero attached hydrogens (tertiary/aromatic N) is 1. The van der Waals surface area contributed by atoms with E-state index in [2.05, 4.69) is 4.98 Å². The van der Waals surface area contributed by atoms with Crippen molar-refractivity contribution in [2.24, 2.45) is 5.73 Å². The summed E-state index contributed by atoms with van der Waals surface area (Å²) in [6.45, 7) is 1.72. The molecule has 0 fully saturated rings. The second-order valence-corrected chi connectivity index (χ2v) is 3.70. The number of hydrogen-bond donors (Lipinski definition) is 1. The minimum absolute atomic E-state index is 0.292. The molecule has 0 saturated carbocycles. The zero-order valence-electron chi connectivity index (χ0n) is 9.27. The quantitative estimate of drug-likeness (QED) is 0.860. The Morgan fingerprint density at radius 3 is 2.35 bits per heavy atom. The van der Waals surface area contributed by atoms with Crippen LogP contribution in [0.2, 0.25) is 0 Å². The summed E-state index contributed by atoms with van der Waals surface area (Å²) >= 11 is 0. The summed E-state index contributed by atoms with van der Waals surface area (Å²) in [7, 11) is 0. The van der Waals surface area contributed by atoms with Gasteiger partial charge in [-0.2, -0.15) is 0 Å². The molecule has 0 atom stereocenters. The highest BCUT2D eigenvalue weighted by Crippen LogP contribution is 2.19. The van der Waals surface area contributed by atoms with Gasteiger partial charge in [-0.1, -0.05) is 0 Å². The van der Waals surface area contributed by atoms with Crippen molar-refractivity contribution in [1.82, 2.24) is 4.98 Å². The first-order valence-electron chi connectivity index (χ1n) is 5.11. The molecule has 0 bridgehead atoms. The fourth-order valence-electron chi connectivity index (χ4n) is 1.60. The van der Waals surface area contributed by atoms with Gasteiger partial charge < -0.3 is 5.73 Å².